The van der Waals surface area contributed by atoms with Gasteiger partial charge in [-0.15, -0.1) is 0 Å². The quantitative estimate of drug-likeness (QED) is 0.699. The van der Waals surface area contributed by atoms with Crippen LogP contribution < -0.4 is 4.90 Å². The summed E-state index contributed by atoms with van der Waals surface area (Å²) in [7, 11) is 0. The van der Waals surface area contributed by atoms with Crippen molar-refractivity contribution in [3.8, 4) is 0 Å². The third-order valence-corrected chi connectivity index (χ3v) is 4.27. The van der Waals surface area contributed by atoms with E-state index in [9.17, 15) is 4.79 Å². The summed E-state index contributed by atoms with van der Waals surface area (Å²) in [5.74, 6) is 0.785. The molecule has 112 valence electrons. The monoisotopic (exact) mass is 314 g/mol. The Morgan fingerprint density at radius 3 is 2.68 bits per heavy atom. The van der Waals surface area contributed by atoms with Gasteiger partial charge in [0.05, 0.1) is 0 Å². The van der Waals surface area contributed by atoms with Crippen LogP contribution in [0.15, 0.2) is 35.0 Å². The number of carbonyl (C=O) groups is 1. The summed E-state index contributed by atoms with van der Waals surface area (Å²) in [6.45, 7) is 2.67. The topological polar surface area (TPSA) is 62.5 Å². The number of benzene rings is 1. The molecule has 0 N–H and O–H groups in total. The molecule has 6 nitrogen and oxygen atoms in total. The van der Waals surface area contributed by atoms with E-state index >= 15 is 0 Å². The molecule has 1 aromatic carbocycles. The summed E-state index contributed by atoms with van der Waals surface area (Å²) in [6, 6.07) is 7.83. The lowest BCUT2D eigenvalue weighted by atomic mass is 10.2. The molecule has 1 aliphatic rings. The number of hydrogen-bond donors (Lipinski definition) is 1. The highest BCUT2D eigenvalue weighted by Gasteiger charge is 2.23. The van der Waals surface area contributed by atoms with Crippen molar-refractivity contribution in [2.75, 3.05) is 31.1 Å². The molecule has 0 aliphatic carbocycles. The maximum atomic E-state index is 11.3. The van der Waals surface area contributed by atoms with Crippen LogP contribution in [0.1, 0.15) is 0 Å². The van der Waals surface area contributed by atoms with Crippen molar-refractivity contribution in [2.24, 2.45) is 0 Å². The van der Waals surface area contributed by atoms with Crippen molar-refractivity contribution in [1.82, 2.24) is 14.9 Å². The molecular weight excluding hydrogens is 300 g/mol. The number of para-hydroxylation sites is 1. The van der Waals surface area contributed by atoms with E-state index in [-0.39, 0.29) is 5.24 Å². The van der Waals surface area contributed by atoms with Gasteiger partial charge in [-0.25, -0.2) is 9.97 Å². The Bertz CT molecular complexity index is 855. The normalized spacial score (nSPS) is 15.7. The number of thiol groups is 1. The van der Waals surface area contributed by atoms with Crippen molar-refractivity contribution in [1.29, 1.82) is 0 Å². The molecule has 1 aliphatic heterocycles. The summed E-state index contributed by atoms with van der Waals surface area (Å²) in [6.07, 6.45) is 1.57. The molecule has 2 aromatic heterocycles. The van der Waals surface area contributed by atoms with Gasteiger partial charge in [-0.05, 0) is 12.1 Å². The van der Waals surface area contributed by atoms with Gasteiger partial charge in [0.1, 0.15) is 17.4 Å². The first kappa shape index (κ1) is 13.4. The van der Waals surface area contributed by atoms with Gasteiger partial charge in [-0.2, -0.15) is 0 Å². The van der Waals surface area contributed by atoms with Crippen LogP contribution in [0.3, 0.4) is 0 Å². The second kappa shape index (κ2) is 5.17. The van der Waals surface area contributed by atoms with Gasteiger partial charge in [0, 0.05) is 31.6 Å². The lowest BCUT2D eigenvalue weighted by Crippen LogP contribution is -2.47. The average molecular weight is 314 g/mol. The van der Waals surface area contributed by atoms with Crippen molar-refractivity contribution < 1.29 is 9.21 Å². The lowest BCUT2D eigenvalue weighted by Gasteiger charge is -2.34. The number of piperazine rings is 1. The number of amides is 1. The standard InChI is InChI=1S/C15H14N4O2S/c20-15(22)19-7-5-18(6-8-19)14-13-12(16-9-17-14)10-3-1-2-4-11(10)21-13/h1-4,9H,5-8H2,(H,20,22). The van der Waals surface area contributed by atoms with Crippen LogP contribution in [0, 0.1) is 0 Å². The largest absolute Gasteiger partial charge is 0.450 e. The van der Waals surface area contributed by atoms with Crippen LogP contribution in [0.2, 0.25) is 0 Å². The van der Waals surface area contributed by atoms with Gasteiger partial charge in [-0.1, -0.05) is 24.8 Å². The summed E-state index contributed by atoms with van der Waals surface area (Å²) >= 11 is 3.88. The Balaban J connectivity index is 1.75. The smallest absolute Gasteiger partial charge is 0.278 e. The van der Waals surface area contributed by atoms with E-state index in [0.29, 0.717) is 31.8 Å². The molecule has 3 aromatic rings. The first-order chi connectivity index (χ1) is 10.7. The third-order valence-electron chi connectivity index (χ3n) is 3.99. The molecule has 0 unspecified atom stereocenters. The number of carbonyl (C=O) groups excluding carboxylic acids is 1. The van der Waals surface area contributed by atoms with Crippen molar-refractivity contribution in [2.45, 2.75) is 0 Å². The van der Waals surface area contributed by atoms with Crippen LogP contribution in [0.5, 0.6) is 0 Å². The average Bonchev–Trinajstić information content (AvgIpc) is 2.93. The van der Waals surface area contributed by atoms with E-state index in [4.69, 9.17) is 4.42 Å². The fraction of sp³-hybridized carbons (Fsp3) is 0.267. The molecule has 0 atom stereocenters. The van der Waals surface area contributed by atoms with E-state index in [2.05, 4.69) is 27.5 Å². The minimum Gasteiger partial charge on any atom is -0.450 e. The van der Waals surface area contributed by atoms with Gasteiger partial charge in [0.2, 0.25) is 0 Å². The molecule has 0 radical (unpaired) electrons. The fourth-order valence-electron chi connectivity index (χ4n) is 2.85. The number of furan rings is 1. The minimum atomic E-state index is -0.184. The van der Waals surface area contributed by atoms with Crippen molar-refractivity contribution >= 4 is 45.8 Å². The van der Waals surface area contributed by atoms with Crippen molar-refractivity contribution in [3.05, 3.63) is 30.6 Å². The summed E-state index contributed by atoms with van der Waals surface area (Å²) in [5.41, 5.74) is 2.34. The fourth-order valence-corrected chi connectivity index (χ4v) is 3.05. The van der Waals surface area contributed by atoms with E-state index in [1.807, 2.05) is 24.3 Å². The van der Waals surface area contributed by atoms with Gasteiger partial charge in [0.15, 0.2) is 11.4 Å². The number of anilines is 1. The zero-order valence-corrected chi connectivity index (χ0v) is 12.7. The number of nitrogens with zero attached hydrogens (tertiary/aromatic N) is 4. The molecular formula is C15H14N4O2S. The highest BCUT2D eigenvalue weighted by Crippen LogP contribution is 2.32. The molecule has 3 heterocycles. The second-order valence-electron chi connectivity index (χ2n) is 5.23. The summed E-state index contributed by atoms with van der Waals surface area (Å²) in [5, 5.41) is 0.807. The summed E-state index contributed by atoms with van der Waals surface area (Å²) in [4.78, 5) is 23.9. The lowest BCUT2D eigenvalue weighted by molar-refractivity contribution is 0.220. The third kappa shape index (κ3) is 2.09. The Morgan fingerprint density at radius 1 is 1.14 bits per heavy atom. The van der Waals surface area contributed by atoms with Gasteiger partial charge < -0.3 is 14.2 Å². The Labute approximate surface area is 132 Å². The number of rotatable bonds is 1. The predicted molar refractivity (Wildman–Crippen MR) is 87.5 cm³/mol. The molecule has 0 bridgehead atoms. The Hall–Kier alpha value is -2.28. The van der Waals surface area contributed by atoms with Crippen LogP contribution in [-0.2, 0) is 0 Å². The molecule has 7 heteroatoms. The molecule has 22 heavy (non-hydrogen) atoms. The van der Waals surface area contributed by atoms with E-state index in [1.165, 1.54) is 0 Å². The molecule has 1 saturated heterocycles. The van der Waals surface area contributed by atoms with Gasteiger partial charge >= 0.3 is 0 Å². The molecule has 4 rings (SSSR count). The first-order valence-electron chi connectivity index (χ1n) is 7.09. The zero-order valence-electron chi connectivity index (χ0n) is 11.8. The predicted octanol–water partition coefficient (Wildman–Crippen LogP) is 2.55. The van der Waals surface area contributed by atoms with E-state index in [1.54, 1.807) is 11.2 Å². The highest BCUT2D eigenvalue weighted by molar-refractivity contribution is 7.96. The molecule has 0 saturated carbocycles. The number of fused-ring (bicyclic) bond motifs is 3. The van der Waals surface area contributed by atoms with Crippen LogP contribution in [0.25, 0.3) is 22.1 Å². The summed E-state index contributed by atoms with van der Waals surface area (Å²) < 4.78 is 5.95. The molecule has 1 fully saturated rings. The van der Waals surface area contributed by atoms with Crippen LogP contribution in [-0.4, -0.2) is 46.3 Å². The first-order valence-corrected chi connectivity index (χ1v) is 7.54. The van der Waals surface area contributed by atoms with Crippen molar-refractivity contribution in [3.63, 3.8) is 0 Å². The number of aromatic nitrogens is 2. The van der Waals surface area contributed by atoms with Crippen LogP contribution >= 0.6 is 12.6 Å². The van der Waals surface area contributed by atoms with Gasteiger partial charge in [0.25, 0.3) is 5.24 Å². The second-order valence-corrected chi connectivity index (χ2v) is 5.61. The maximum Gasteiger partial charge on any atom is 0.278 e. The number of hydrogen-bond acceptors (Lipinski definition) is 5. The zero-order chi connectivity index (χ0) is 15.1. The Morgan fingerprint density at radius 2 is 1.91 bits per heavy atom. The molecule has 0 spiro atoms. The molecule has 1 amide bonds. The van der Waals surface area contributed by atoms with Gasteiger partial charge in [-0.3, -0.25) is 4.79 Å². The van der Waals surface area contributed by atoms with E-state index < -0.39 is 0 Å². The highest BCUT2D eigenvalue weighted by atomic mass is 32.1. The SMILES string of the molecule is O=C(S)N1CCN(c2ncnc3c2oc2ccccc23)CC1. The van der Waals surface area contributed by atoms with E-state index in [0.717, 1.165) is 22.3 Å². The Kier molecular flexibility index (Phi) is 3.15. The maximum absolute atomic E-state index is 11.3. The minimum absolute atomic E-state index is 0.184. The van der Waals surface area contributed by atoms with Crippen LogP contribution in [0.4, 0.5) is 10.6 Å².